The van der Waals surface area contributed by atoms with Gasteiger partial charge in [0.2, 0.25) is 0 Å². The summed E-state index contributed by atoms with van der Waals surface area (Å²) in [4.78, 5) is 29.9. The van der Waals surface area contributed by atoms with Crippen LogP contribution in [0.15, 0.2) is 35.2 Å². The number of thiophene rings is 1. The van der Waals surface area contributed by atoms with E-state index in [9.17, 15) is 18.4 Å². The molecule has 6 nitrogen and oxygen atoms in total. The maximum Gasteiger partial charge on any atom is 0.351 e. The molecule has 0 saturated carbocycles. The van der Waals surface area contributed by atoms with Gasteiger partial charge >= 0.3 is 5.97 Å². The molecule has 0 unspecified atom stereocenters. The number of hydrogen-bond acceptors (Lipinski definition) is 7. The van der Waals surface area contributed by atoms with Crippen molar-refractivity contribution in [3.63, 3.8) is 0 Å². The summed E-state index contributed by atoms with van der Waals surface area (Å²) in [5.41, 5.74) is 8.26. The number of alkyl halides is 2. The molecule has 3 N–H and O–H groups in total. The van der Waals surface area contributed by atoms with Gasteiger partial charge in [0.05, 0.1) is 11.4 Å². The lowest BCUT2D eigenvalue weighted by molar-refractivity contribution is -0.119. The second kappa shape index (κ2) is 8.75. The molecule has 3 aromatic rings. The highest BCUT2D eigenvalue weighted by Gasteiger charge is 2.21. The number of anilines is 2. The summed E-state index contributed by atoms with van der Waals surface area (Å²) < 4.78 is 30.3. The van der Waals surface area contributed by atoms with E-state index in [1.807, 2.05) is 19.9 Å². The number of aryl methyl sites for hydroxylation is 2. The fourth-order valence-electron chi connectivity index (χ4n) is 2.77. The molecule has 0 aliphatic heterocycles. The number of ether oxygens (including phenoxy) is 1. The second-order valence-electron chi connectivity index (χ2n) is 6.10. The lowest BCUT2D eigenvalue weighted by Crippen LogP contribution is -2.21. The van der Waals surface area contributed by atoms with E-state index in [1.165, 1.54) is 12.1 Å². The van der Waals surface area contributed by atoms with Crippen molar-refractivity contribution in [3.05, 3.63) is 46.5 Å². The van der Waals surface area contributed by atoms with Crippen LogP contribution in [0.3, 0.4) is 0 Å². The molecule has 0 bridgehead atoms. The first-order chi connectivity index (χ1) is 13.8. The lowest BCUT2D eigenvalue weighted by atomic mass is 10.1. The molecule has 0 atom stereocenters. The minimum absolute atomic E-state index is 0.169. The highest BCUT2D eigenvalue weighted by atomic mass is 32.2. The number of benzene rings is 1. The van der Waals surface area contributed by atoms with Gasteiger partial charge in [-0.2, -0.15) is 8.78 Å². The van der Waals surface area contributed by atoms with Crippen LogP contribution in [-0.2, 0) is 9.53 Å². The number of rotatable bonds is 6. The average Bonchev–Trinajstić information content (AvgIpc) is 2.97. The number of halogens is 2. The zero-order chi connectivity index (χ0) is 21.1. The van der Waals surface area contributed by atoms with Crippen LogP contribution in [0.5, 0.6) is 0 Å². The van der Waals surface area contributed by atoms with Crippen LogP contribution in [0.2, 0.25) is 0 Å². The van der Waals surface area contributed by atoms with E-state index in [1.54, 1.807) is 12.1 Å². The van der Waals surface area contributed by atoms with Gasteiger partial charge in [-0.15, -0.1) is 11.3 Å². The van der Waals surface area contributed by atoms with Crippen molar-refractivity contribution >= 4 is 56.6 Å². The van der Waals surface area contributed by atoms with E-state index >= 15 is 0 Å². The highest BCUT2D eigenvalue weighted by Crippen LogP contribution is 2.35. The van der Waals surface area contributed by atoms with Crippen LogP contribution < -0.4 is 11.1 Å². The fraction of sp³-hybridized carbons (Fsp3) is 0.211. The molecule has 0 radical (unpaired) electrons. The zero-order valence-electron chi connectivity index (χ0n) is 15.5. The van der Waals surface area contributed by atoms with Crippen LogP contribution in [0.25, 0.3) is 10.2 Å². The van der Waals surface area contributed by atoms with E-state index in [4.69, 9.17) is 10.5 Å². The third-order valence-electron chi connectivity index (χ3n) is 3.92. The Morgan fingerprint density at radius 1 is 1.31 bits per heavy atom. The SMILES string of the molecule is Cc1cc(C)c2c(N)c(C(=O)OCC(=O)Nc3ccccc3SC(F)F)sc2n1. The Hall–Kier alpha value is -2.72. The summed E-state index contributed by atoms with van der Waals surface area (Å²) in [6.07, 6.45) is 0. The summed E-state index contributed by atoms with van der Waals surface area (Å²) in [5, 5.41) is 3.16. The van der Waals surface area contributed by atoms with Crippen molar-refractivity contribution in [2.24, 2.45) is 0 Å². The van der Waals surface area contributed by atoms with E-state index in [0.717, 1.165) is 22.6 Å². The predicted octanol–water partition coefficient (Wildman–Crippen LogP) is 4.61. The van der Waals surface area contributed by atoms with E-state index in [2.05, 4.69) is 10.3 Å². The number of hydrogen-bond donors (Lipinski definition) is 2. The summed E-state index contributed by atoms with van der Waals surface area (Å²) in [7, 11) is 0. The first-order valence-electron chi connectivity index (χ1n) is 8.43. The monoisotopic (exact) mass is 437 g/mol. The minimum atomic E-state index is -2.62. The van der Waals surface area contributed by atoms with Gasteiger partial charge in [-0.05, 0) is 37.6 Å². The van der Waals surface area contributed by atoms with E-state index in [0.29, 0.717) is 22.0 Å². The Balaban J connectivity index is 1.69. The first kappa shape index (κ1) is 21.0. The van der Waals surface area contributed by atoms with Gasteiger partial charge in [0.1, 0.15) is 9.71 Å². The van der Waals surface area contributed by atoms with Crippen LogP contribution in [0.4, 0.5) is 20.2 Å². The topological polar surface area (TPSA) is 94.3 Å². The number of carbonyl (C=O) groups excluding carboxylic acids is 2. The summed E-state index contributed by atoms with van der Waals surface area (Å²) in [6.45, 7) is 3.14. The molecular weight excluding hydrogens is 420 g/mol. The number of fused-ring (bicyclic) bond motifs is 1. The van der Waals surface area contributed by atoms with Crippen molar-refractivity contribution in [2.45, 2.75) is 24.5 Å². The number of aromatic nitrogens is 1. The number of nitrogens with two attached hydrogens (primary N) is 1. The van der Waals surface area contributed by atoms with Crippen molar-refractivity contribution < 1.29 is 23.1 Å². The van der Waals surface area contributed by atoms with Crippen molar-refractivity contribution in [1.82, 2.24) is 4.98 Å². The van der Waals surface area contributed by atoms with Crippen molar-refractivity contribution in [2.75, 3.05) is 17.7 Å². The average molecular weight is 437 g/mol. The number of amides is 1. The highest BCUT2D eigenvalue weighted by molar-refractivity contribution is 7.99. The molecule has 0 saturated heterocycles. The first-order valence-corrected chi connectivity index (χ1v) is 10.1. The third kappa shape index (κ3) is 4.83. The zero-order valence-corrected chi connectivity index (χ0v) is 17.1. The second-order valence-corrected chi connectivity index (χ2v) is 8.14. The number of esters is 1. The summed E-state index contributed by atoms with van der Waals surface area (Å²) in [5.74, 6) is -4.01. The molecule has 2 heterocycles. The Labute approximate surface area is 173 Å². The molecule has 0 aliphatic rings. The van der Waals surface area contributed by atoms with Crippen molar-refractivity contribution in [1.29, 1.82) is 0 Å². The Kier molecular flexibility index (Phi) is 6.33. The molecule has 152 valence electrons. The molecule has 10 heteroatoms. The maximum absolute atomic E-state index is 12.6. The Morgan fingerprint density at radius 2 is 2.03 bits per heavy atom. The van der Waals surface area contributed by atoms with Crippen molar-refractivity contribution in [3.8, 4) is 0 Å². The number of carbonyl (C=O) groups is 2. The van der Waals surface area contributed by atoms with E-state index < -0.39 is 24.2 Å². The van der Waals surface area contributed by atoms with Gasteiger partial charge in [-0.3, -0.25) is 4.79 Å². The molecule has 2 aromatic heterocycles. The number of nitrogens with zero attached hydrogens (tertiary/aromatic N) is 1. The van der Waals surface area contributed by atoms with Crippen LogP contribution in [-0.4, -0.2) is 29.2 Å². The number of pyridine rings is 1. The normalized spacial score (nSPS) is 11.1. The molecule has 29 heavy (non-hydrogen) atoms. The molecule has 1 aromatic carbocycles. The molecule has 3 rings (SSSR count). The molecule has 0 spiro atoms. The summed E-state index contributed by atoms with van der Waals surface area (Å²) in [6, 6.07) is 8.01. The van der Waals surface area contributed by atoms with Crippen LogP contribution >= 0.6 is 23.1 Å². The quantitative estimate of drug-likeness (QED) is 0.432. The largest absolute Gasteiger partial charge is 0.451 e. The van der Waals surface area contributed by atoms with Gasteiger partial charge in [0.15, 0.2) is 6.61 Å². The number of nitrogens with one attached hydrogen (secondary N) is 1. The smallest absolute Gasteiger partial charge is 0.351 e. The van der Waals surface area contributed by atoms with Crippen LogP contribution in [0.1, 0.15) is 20.9 Å². The standard InChI is InChI=1S/C19H17F2N3O3S2/c1-9-7-10(2)23-17-14(9)15(22)16(29-17)18(26)27-8-13(25)24-11-5-3-4-6-12(11)28-19(20)21/h3-7,19H,8,22H2,1-2H3,(H,24,25). The van der Waals surface area contributed by atoms with Gasteiger partial charge in [-0.25, -0.2) is 9.78 Å². The lowest BCUT2D eigenvalue weighted by Gasteiger charge is -2.10. The Morgan fingerprint density at radius 3 is 2.76 bits per heavy atom. The minimum Gasteiger partial charge on any atom is -0.451 e. The van der Waals surface area contributed by atoms with Crippen LogP contribution in [0, 0.1) is 13.8 Å². The molecule has 1 amide bonds. The van der Waals surface area contributed by atoms with Gasteiger partial charge in [0.25, 0.3) is 11.7 Å². The number of para-hydroxylation sites is 1. The van der Waals surface area contributed by atoms with Gasteiger partial charge < -0.3 is 15.8 Å². The van der Waals surface area contributed by atoms with Gasteiger partial charge in [-0.1, -0.05) is 23.9 Å². The van der Waals surface area contributed by atoms with E-state index in [-0.39, 0.29) is 21.1 Å². The third-order valence-corrected chi connectivity index (χ3v) is 5.79. The molecule has 0 aliphatic carbocycles. The predicted molar refractivity (Wildman–Crippen MR) is 111 cm³/mol. The maximum atomic E-state index is 12.6. The fourth-order valence-corrected chi connectivity index (χ4v) is 4.48. The number of thioether (sulfide) groups is 1. The number of nitrogen functional groups attached to an aromatic ring is 1. The Bertz CT molecular complexity index is 1090. The molecular formula is C19H17F2N3O3S2. The van der Waals surface area contributed by atoms with Gasteiger partial charge in [0, 0.05) is 16.0 Å². The summed E-state index contributed by atoms with van der Waals surface area (Å²) >= 11 is 1.41. The molecule has 0 fully saturated rings.